The maximum Gasteiger partial charge on any atom is 0.0576 e. The maximum atomic E-state index is 5.74. The number of benzene rings is 2. The molecular weight excluding hydrogens is 242 g/mol. The smallest absolute Gasteiger partial charge is 0.0576 e. The van der Waals surface area contributed by atoms with E-state index in [0.717, 1.165) is 13.0 Å². The van der Waals surface area contributed by atoms with Gasteiger partial charge in [0.15, 0.2) is 0 Å². The Morgan fingerprint density at radius 2 is 1.33 bits per heavy atom. The number of halogens is 1. The molecule has 1 nitrogen and oxygen atoms in total. The van der Waals surface area contributed by atoms with Crippen LogP contribution >= 0.6 is 11.6 Å². The Labute approximate surface area is 114 Å². The lowest BCUT2D eigenvalue weighted by atomic mass is 9.99. The summed E-state index contributed by atoms with van der Waals surface area (Å²) >= 11 is 5.74. The van der Waals surface area contributed by atoms with Gasteiger partial charge in [0.1, 0.15) is 0 Å². The van der Waals surface area contributed by atoms with E-state index in [4.69, 9.17) is 11.6 Å². The highest BCUT2D eigenvalue weighted by atomic mass is 35.5. The van der Waals surface area contributed by atoms with Gasteiger partial charge in [-0.1, -0.05) is 60.7 Å². The summed E-state index contributed by atoms with van der Waals surface area (Å²) in [7, 11) is 0. The van der Waals surface area contributed by atoms with Crippen molar-refractivity contribution in [2.24, 2.45) is 0 Å². The van der Waals surface area contributed by atoms with E-state index in [1.54, 1.807) is 0 Å². The predicted molar refractivity (Wildman–Crippen MR) is 78.1 cm³/mol. The Kier molecular flexibility index (Phi) is 5.25. The first-order valence-corrected chi connectivity index (χ1v) is 6.84. The summed E-state index contributed by atoms with van der Waals surface area (Å²) in [5, 5.41) is 3.57. The highest BCUT2D eigenvalue weighted by Gasteiger charge is 2.11. The lowest BCUT2D eigenvalue weighted by Gasteiger charge is -2.19. The monoisotopic (exact) mass is 259 g/mol. The molecule has 0 amide bonds. The van der Waals surface area contributed by atoms with Gasteiger partial charge in [-0.25, -0.2) is 0 Å². The SMILES string of the molecule is ClCCCNC(c1ccccc1)c1ccccc1. The van der Waals surface area contributed by atoms with Gasteiger partial charge in [-0.3, -0.25) is 0 Å². The fraction of sp³-hybridized carbons (Fsp3) is 0.250. The summed E-state index contributed by atoms with van der Waals surface area (Å²) in [4.78, 5) is 0. The number of rotatable bonds is 6. The molecule has 2 aromatic rings. The van der Waals surface area contributed by atoms with E-state index in [9.17, 15) is 0 Å². The molecule has 0 aliphatic rings. The second-order valence-corrected chi connectivity index (χ2v) is 4.63. The van der Waals surface area contributed by atoms with E-state index in [0.29, 0.717) is 5.88 Å². The van der Waals surface area contributed by atoms with E-state index in [1.807, 2.05) is 12.1 Å². The fourth-order valence-corrected chi connectivity index (χ4v) is 2.17. The van der Waals surface area contributed by atoms with Gasteiger partial charge in [0.25, 0.3) is 0 Å². The van der Waals surface area contributed by atoms with E-state index in [1.165, 1.54) is 11.1 Å². The van der Waals surface area contributed by atoms with Crippen LogP contribution in [-0.2, 0) is 0 Å². The van der Waals surface area contributed by atoms with Crippen molar-refractivity contribution >= 4 is 11.6 Å². The third-order valence-corrected chi connectivity index (χ3v) is 3.19. The van der Waals surface area contributed by atoms with Crippen LogP contribution in [0, 0.1) is 0 Å². The minimum absolute atomic E-state index is 0.246. The normalized spacial score (nSPS) is 10.8. The molecule has 0 fully saturated rings. The molecule has 2 aromatic carbocycles. The fourth-order valence-electron chi connectivity index (χ4n) is 2.03. The Morgan fingerprint density at radius 1 is 0.833 bits per heavy atom. The summed E-state index contributed by atoms with van der Waals surface area (Å²) in [5.41, 5.74) is 2.58. The second kappa shape index (κ2) is 7.20. The van der Waals surface area contributed by atoms with Crippen molar-refractivity contribution in [1.29, 1.82) is 0 Å². The molecule has 18 heavy (non-hydrogen) atoms. The molecule has 0 aliphatic carbocycles. The number of hydrogen-bond acceptors (Lipinski definition) is 1. The Morgan fingerprint density at radius 3 is 1.78 bits per heavy atom. The summed E-state index contributed by atoms with van der Waals surface area (Å²) in [6.45, 7) is 0.929. The molecule has 0 spiro atoms. The average molecular weight is 260 g/mol. The zero-order valence-electron chi connectivity index (χ0n) is 10.4. The Hall–Kier alpha value is -1.31. The van der Waals surface area contributed by atoms with Gasteiger partial charge in [-0.15, -0.1) is 11.6 Å². The lowest BCUT2D eigenvalue weighted by Crippen LogP contribution is -2.23. The quantitative estimate of drug-likeness (QED) is 0.611. The van der Waals surface area contributed by atoms with Crippen LogP contribution in [0.15, 0.2) is 60.7 Å². The van der Waals surface area contributed by atoms with Crippen molar-refractivity contribution < 1.29 is 0 Å². The molecule has 0 bridgehead atoms. The first-order valence-electron chi connectivity index (χ1n) is 6.31. The maximum absolute atomic E-state index is 5.74. The van der Waals surface area contributed by atoms with E-state index >= 15 is 0 Å². The van der Waals surface area contributed by atoms with Crippen molar-refractivity contribution in [3.63, 3.8) is 0 Å². The van der Waals surface area contributed by atoms with Crippen LogP contribution in [-0.4, -0.2) is 12.4 Å². The van der Waals surface area contributed by atoms with Crippen molar-refractivity contribution in [2.75, 3.05) is 12.4 Å². The molecule has 94 valence electrons. The van der Waals surface area contributed by atoms with Crippen molar-refractivity contribution in [2.45, 2.75) is 12.5 Å². The lowest BCUT2D eigenvalue weighted by molar-refractivity contribution is 0.600. The zero-order valence-corrected chi connectivity index (χ0v) is 11.1. The molecule has 2 heteroatoms. The largest absolute Gasteiger partial charge is 0.306 e. The van der Waals surface area contributed by atoms with Crippen molar-refractivity contribution in [3.05, 3.63) is 71.8 Å². The molecule has 0 heterocycles. The van der Waals surface area contributed by atoms with Crippen LogP contribution in [0.25, 0.3) is 0 Å². The Balaban J connectivity index is 2.18. The average Bonchev–Trinajstić information content (AvgIpc) is 2.46. The molecule has 2 rings (SSSR count). The summed E-state index contributed by atoms with van der Waals surface area (Å²) in [6, 6.07) is 21.3. The van der Waals surface area contributed by atoms with Crippen LogP contribution in [0.1, 0.15) is 23.6 Å². The topological polar surface area (TPSA) is 12.0 Å². The van der Waals surface area contributed by atoms with Crippen LogP contribution in [0.5, 0.6) is 0 Å². The number of hydrogen-bond donors (Lipinski definition) is 1. The van der Waals surface area contributed by atoms with E-state index in [-0.39, 0.29) is 6.04 Å². The van der Waals surface area contributed by atoms with Gasteiger partial charge < -0.3 is 5.32 Å². The van der Waals surface area contributed by atoms with Gasteiger partial charge >= 0.3 is 0 Å². The first kappa shape index (κ1) is 13.1. The van der Waals surface area contributed by atoms with Gasteiger partial charge in [0, 0.05) is 5.88 Å². The van der Waals surface area contributed by atoms with Crippen molar-refractivity contribution in [3.8, 4) is 0 Å². The minimum Gasteiger partial charge on any atom is -0.306 e. The molecule has 0 saturated carbocycles. The van der Waals surface area contributed by atoms with Gasteiger partial charge in [0.05, 0.1) is 6.04 Å². The first-order chi connectivity index (χ1) is 8.92. The van der Waals surface area contributed by atoms with Gasteiger partial charge in [-0.05, 0) is 24.1 Å². The molecule has 0 aromatic heterocycles. The van der Waals surface area contributed by atoms with Crippen molar-refractivity contribution in [1.82, 2.24) is 5.32 Å². The molecule has 0 radical (unpaired) electrons. The van der Waals surface area contributed by atoms with Crippen LogP contribution in [0.3, 0.4) is 0 Å². The molecular formula is C16H18ClN. The standard InChI is InChI=1S/C16H18ClN/c17-12-7-13-18-16(14-8-3-1-4-9-14)15-10-5-2-6-11-15/h1-6,8-11,16,18H,7,12-13H2. The summed E-state index contributed by atoms with van der Waals surface area (Å²) in [6.07, 6.45) is 0.984. The Bertz CT molecular complexity index is 402. The molecule has 0 unspecified atom stereocenters. The molecule has 0 saturated heterocycles. The summed E-state index contributed by atoms with van der Waals surface area (Å²) < 4.78 is 0. The number of nitrogens with one attached hydrogen (secondary N) is 1. The third-order valence-electron chi connectivity index (χ3n) is 2.92. The minimum atomic E-state index is 0.246. The molecule has 1 N–H and O–H groups in total. The number of alkyl halides is 1. The predicted octanol–water partition coefficient (Wildman–Crippen LogP) is 3.99. The van der Waals surface area contributed by atoms with E-state index < -0.39 is 0 Å². The molecule has 0 aliphatic heterocycles. The zero-order chi connectivity index (χ0) is 12.6. The van der Waals surface area contributed by atoms with Gasteiger partial charge in [-0.2, -0.15) is 0 Å². The highest BCUT2D eigenvalue weighted by molar-refractivity contribution is 6.17. The van der Waals surface area contributed by atoms with Crippen LogP contribution in [0.2, 0.25) is 0 Å². The second-order valence-electron chi connectivity index (χ2n) is 4.25. The molecule has 0 atom stereocenters. The summed E-state index contributed by atoms with van der Waals surface area (Å²) in [5.74, 6) is 0.698. The third kappa shape index (κ3) is 3.59. The highest BCUT2D eigenvalue weighted by Crippen LogP contribution is 2.21. The van der Waals surface area contributed by atoms with Gasteiger partial charge in [0.2, 0.25) is 0 Å². The van der Waals surface area contributed by atoms with Crippen LogP contribution < -0.4 is 5.32 Å². The van der Waals surface area contributed by atoms with Crippen LogP contribution in [0.4, 0.5) is 0 Å². The van der Waals surface area contributed by atoms with E-state index in [2.05, 4.69) is 53.8 Å².